The van der Waals surface area contributed by atoms with Crippen molar-refractivity contribution in [3.05, 3.63) is 60.3 Å². The molecule has 6 heteroatoms. The van der Waals surface area contributed by atoms with Crippen LogP contribution < -0.4 is 5.32 Å². The van der Waals surface area contributed by atoms with Gasteiger partial charge in [-0.3, -0.25) is 9.80 Å². The number of benzene rings is 2. The van der Waals surface area contributed by atoms with Crippen molar-refractivity contribution < 1.29 is 4.79 Å². The topological polar surface area (TPSA) is 72.8 Å². The van der Waals surface area contributed by atoms with Gasteiger partial charge in [-0.15, -0.1) is 0 Å². The molecule has 2 aromatic carbocycles. The minimum atomic E-state index is -0.191. The molecule has 1 aliphatic rings. The van der Waals surface area contributed by atoms with Gasteiger partial charge in [-0.2, -0.15) is 5.11 Å². The number of nitrogens with zero attached hydrogens (tertiary/aromatic N) is 3. The monoisotopic (exact) mass is 319 g/mol. The molecule has 0 saturated carbocycles. The Balaban J connectivity index is 1.60. The predicted octanol–water partition coefficient (Wildman–Crippen LogP) is 3.20. The molecule has 1 aliphatic heterocycles. The lowest BCUT2D eigenvalue weighted by atomic mass is 10.0. The summed E-state index contributed by atoms with van der Waals surface area (Å²) in [5, 5.41) is 13.4. The second-order valence-electron chi connectivity index (χ2n) is 5.83. The van der Waals surface area contributed by atoms with Crippen molar-refractivity contribution in [3.63, 3.8) is 0 Å². The zero-order chi connectivity index (χ0) is 16.5. The third-order valence-corrected chi connectivity index (χ3v) is 4.18. The maximum Gasteiger partial charge on any atom is 0.269 e. The van der Waals surface area contributed by atoms with E-state index < -0.39 is 0 Å². The average molecular weight is 319 g/mol. The van der Waals surface area contributed by atoms with Crippen LogP contribution in [0.3, 0.4) is 0 Å². The maximum atomic E-state index is 12.4. The van der Waals surface area contributed by atoms with Crippen molar-refractivity contribution in [1.82, 2.24) is 15.3 Å². The Kier molecular flexibility index (Phi) is 3.49. The molecule has 0 spiro atoms. The molecule has 4 rings (SSSR count). The van der Waals surface area contributed by atoms with Crippen LogP contribution in [0.4, 0.5) is 0 Å². The number of likely N-dealkylation sites (N-methyl/N-ethyl adjacent to an activating group) is 1. The summed E-state index contributed by atoms with van der Waals surface area (Å²) in [6.07, 6.45) is -0.191. The van der Waals surface area contributed by atoms with Gasteiger partial charge in [-0.1, -0.05) is 47.7 Å². The first-order valence-electron chi connectivity index (χ1n) is 7.80. The smallest absolute Gasteiger partial charge is 0.269 e. The second-order valence-corrected chi connectivity index (χ2v) is 5.83. The standard InChI is InChI=1S/C18H17N5O/c1-23-17(11-19-22-23)21-18(24)16-10-14-8-7-13(9-15(14)20-16)12-5-3-2-4-6-12/h2-10,17,20H,11H2,1H3,(H,21,24)/t17-/m0/s1. The van der Waals surface area contributed by atoms with Gasteiger partial charge < -0.3 is 10.3 Å². The van der Waals surface area contributed by atoms with Crippen LogP contribution in [-0.4, -0.2) is 35.7 Å². The summed E-state index contributed by atoms with van der Waals surface area (Å²) in [7, 11) is 1.79. The number of fused-ring (bicyclic) bond motifs is 1. The lowest BCUT2D eigenvalue weighted by Gasteiger charge is -2.17. The van der Waals surface area contributed by atoms with Crippen LogP contribution in [0.15, 0.2) is 64.9 Å². The zero-order valence-electron chi connectivity index (χ0n) is 13.2. The van der Waals surface area contributed by atoms with E-state index in [9.17, 15) is 4.79 Å². The molecule has 6 nitrogen and oxygen atoms in total. The average Bonchev–Trinajstić information content (AvgIpc) is 3.21. The Hall–Kier alpha value is -3.15. The molecule has 0 bridgehead atoms. The normalized spacial score (nSPS) is 16.7. The van der Waals surface area contributed by atoms with Crippen LogP contribution >= 0.6 is 0 Å². The Morgan fingerprint density at radius 2 is 2.00 bits per heavy atom. The van der Waals surface area contributed by atoms with Gasteiger partial charge in [0.25, 0.3) is 5.91 Å². The molecule has 120 valence electrons. The Morgan fingerprint density at radius 1 is 1.17 bits per heavy atom. The van der Waals surface area contributed by atoms with Crippen LogP contribution in [0, 0.1) is 0 Å². The number of hydrogen-bond donors (Lipinski definition) is 2. The predicted molar refractivity (Wildman–Crippen MR) is 92.5 cm³/mol. The number of rotatable bonds is 3. The van der Waals surface area contributed by atoms with Crippen molar-refractivity contribution in [2.24, 2.45) is 10.3 Å². The third-order valence-electron chi connectivity index (χ3n) is 4.18. The van der Waals surface area contributed by atoms with Crippen molar-refractivity contribution in [2.45, 2.75) is 6.17 Å². The summed E-state index contributed by atoms with van der Waals surface area (Å²) in [6, 6.07) is 18.2. The molecule has 3 aromatic rings. The second kappa shape index (κ2) is 5.81. The first-order valence-corrected chi connectivity index (χ1v) is 7.80. The summed E-state index contributed by atoms with van der Waals surface area (Å²) in [6.45, 7) is 0.473. The molecule has 0 saturated heterocycles. The number of hydrogen-bond acceptors (Lipinski definition) is 4. The van der Waals surface area contributed by atoms with Crippen LogP contribution in [0.5, 0.6) is 0 Å². The molecule has 1 amide bonds. The number of carbonyl (C=O) groups is 1. The van der Waals surface area contributed by atoms with Gasteiger partial charge >= 0.3 is 0 Å². The molecule has 24 heavy (non-hydrogen) atoms. The van der Waals surface area contributed by atoms with Crippen LogP contribution in [0.2, 0.25) is 0 Å². The van der Waals surface area contributed by atoms with Crippen molar-refractivity contribution in [1.29, 1.82) is 0 Å². The van der Waals surface area contributed by atoms with Gasteiger partial charge in [0.15, 0.2) is 0 Å². The summed E-state index contributed by atoms with van der Waals surface area (Å²) in [5.74, 6) is -0.156. The highest BCUT2D eigenvalue weighted by Crippen LogP contribution is 2.24. The zero-order valence-corrected chi connectivity index (χ0v) is 13.2. The first-order chi connectivity index (χ1) is 11.7. The van der Waals surface area contributed by atoms with E-state index in [2.05, 4.69) is 44.9 Å². The quantitative estimate of drug-likeness (QED) is 0.778. The highest BCUT2D eigenvalue weighted by Gasteiger charge is 2.21. The molecule has 1 aromatic heterocycles. The van der Waals surface area contributed by atoms with E-state index in [1.165, 1.54) is 0 Å². The number of aromatic nitrogens is 1. The van der Waals surface area contributed by atoms with E-state index >= 15 is 0 Å². The fraction of sp³-hybridized carbons (Fsp3) is 0.167. The highest BCUT2D eigenvalue weighted by molar-refractivity contribution is 5.99. The van der Waals surface area contributed by atoms with Gasteiger partial charge in [-0.05, 0) is 23.3 Å². The van der Waals surface area contributed by atoms with E-state index in [1.54, 1.807) is 12.1 Å². The summed E-state index contributed by atoms with van der Waals surface area (Å²) in [5.41, 5.74) is 3.74. The van der Waals surface area contributed by atoms with Crippen LogP contribution in [0.25, 0.3) is 22.0 Å². The number of carbonyl (C=O) groups excluding carboxylic acids is 1. The Bertz CT molecular complexity index is 916. The molecular weight excluding hydrogens is 302 g/mol. The molecule has 0 aliphatic carbocycles. The van der Waals surface area contributed by atoms with Gasteiger partial charge in [0.2, 0.25) is 0 Å². The third kappa shape index (κ3) is 2.62. The van der Waals surface area contributed by atoms with E-state index in [1.807, 2.05) is 30.3 Å². The van der Waals surface area contributed by atoms with E-state index in [0.29, 0.717) is 12.2 Å². The molecule has 0 radical (unpaired) electrons. The Morgan fingerprint density at radius 3 is 2.75 bits per heavy atom. The molecule has 2 heterocycles. The fourth-order valence-corrected chi connectivity index (χ4v) is 2.82. The van der Waals surface area contributed by atoms with Crippen LogP contribution in [-0.2, 0) is 0 Å². The van der Waals surface area contributed by atoms with E-state index in [0.717, 1.165) is 22.0 Å². The minimum Gasteiger partial charge on any atom is -0.351 e. The van der Waals surface area contributed by atoms with Gasteiger partial charge in [-0.25, -0.2) is 0 Å². The van der Waals surface area contributed by atoms with Gasteiger partial charge in [0.1, 0.15) is 18.4 Å². The first kappa shape index (κ1) is 14.4. The molecule has 2 N–H and O–H groups in total. The summed E-state index contributed by atoms with van der Waals surface area (Å²) in [4.78, 5) is 15.6. The molecule has 0 fully saturated rings. The van der Waals surface area contributed by atoms with Crippen molar-refractivity contribution in [2.75, 3.05) is 13.6 Å². The molecule has 1 atom stereocenters. The Labute approximate surface area is 139 Å². The number of aromatic amines is 1. The van der Waals surface area contributed by atoms with E-state index in [4.69, 9.17) is 0 Å². The largest absolute Gasteiger partial charge is 0.351 e. The summed E-state index contributed by atoms with van der Waals surface area (Å²) < 4.78 is 0. The van der Waals surface area contributed by atoms with Gasteiger partial charge in [0, 0.05) is 18.0 Å². The van der Waals surface area contributed by atoms with Gasteiger partial charge in [0.05, 0.1) is 0 Å². The lowest BCUT2D eigenvalue weighted by Crippen LogP contribution is -2.43. The SMILES string of the molecule is CN1N=NC[C@H]1NC(=O)c1cc2ccc(-c3ccccc3)cc2[nH]1. The fourth-order valence-electron chi connectivity index (χ4n) is 2.82. The molecule has 0 unspecified atom stereocenters. The number of amides is 1. The van der Waals surface area contributed by atoms with E-state index in [-0.39, 0.29) is 12.1 Å². The van der Waals surface area contributed by atoms with Crippen molar-refractivity contribution in [3.8, 4) is 11.1 Å². The molecular formula is C18H17N5O. The highest BCUT2D eigenvalue weighted by atomic mass is 16.2. The maximum absolute atomic E-state index is 12.4. The lowest BCUT2D eigenvalue weighted by molar-refractivity contribution is 0.0893. The number of H-pyrrole nitrogens is 1. The minimum absolute atomic E-state index is 0.156. The van der Waals surface area contributed by atoms with Crippen molar-refractivity contribution >= 4 is 16.8 Å². The van der Waals surface area contributed by atoms with Crippen LogP contribution in [0.1, 0.15) is 10.5 Å². The summed E-state index contributed by atoms with van der Waals surface area (Å²) >= 11 is 0. The number of nitrogens with one attached hydrogen (secondary N) is 2.